The van der Waals surface area contributed by atoms with Gasteiger partial charge < -0.3 is 4.72 Å². The van der Waals surface area contributed by atoms with Crippen LogP contribution in [0.15, 0.2) is 5.10 Å². The average Bonchev–Trinajstić information content (AvgIpc) is 2.51. The zero-order valence-electron chi connectivity index (χ0n) is 21.0. The summed E-state index contributed by atoms with van der Waals surface area (Å²) < 4.78 is 2.72. The zero-order valence-corrected chi connectivity index (χ0v) is 21.0. The fourth-order valence-corrected chi connectivity index (χ4v) is 4.10. The second-order valence-electron chi connectivity index (χ2n) is 13.5. The lowest BCUT2D eigenvalue weighted by Crippen LogP contribution is -2.73. The van der Waals surface area contributed by atoms with Gasteiger partial charge in [0, 0.05) is 11.1 Å². The SMILES string of the molecule is CC(C)(C)B1C(C(C)(C)C)=NNN(C(C)(C)C)B(C(C)(C)C)N1C(C)(C)C. The third-order valence-electron chi connectivity index (χ3n) is 5.18. The number of nitrogens with zero attached hydrogens (tertiary/aromatic N) is 3. The lowest BCUT2D eigenvalue weighted by atomic mass is 9.30. The Kier molecular flexibility index (Phi) is 6.45. The van der Waals surface area contributed by atoms with Crippen LogP contribution in [0.25, 0.3) is 0 Å². The van der Waals surface area contributed by atoms with Gasteiger partial charge in [-0.25, -0.2) is 4.92 Å². The van der Waals surface area contributed by atoms with Crippen molar-refractivity contribution in [3.8, 4) is 0 Å². The van der Waals surface area contributed by atoms with E-state index in [1.807, 2.05) is 0 Å². The van der Waals surface area contributed by atoms with E-state index in [2.05, 4.69) is 119 Å². The molecule has 1 rings (SSSR count). The minimum absolute atomic E-state index is 0.0164. The van der Waals surface area contributed by atoms with Crippen molar-refractivity contribution in [2.75, 3.05) is 0 Å². The van der Waals surface area contributed by atoms with Gasteiger partial charge in [-0.1, -0.05) is 62.3 Å². The van der Waals surface area contributed by atoms with E-state index in [1.54, 1.807) is 0 Å². The molecule has 1 aliphatic rings. The number of hydrazone groups is 1. The summed E-state index contributed by atoms with van der Waals surface area (Å²) in [6.07, 6.45) is 0. The van der Waals surface area contributed by atoms with Crippen LogP contribution in [0.1, 0.15) is 104 Å². The molecule has 0 atom stereocenters. The summed E-state index contributed by atoms with van der Waals surface area (Å²) in [5.41, 5.74) is 4.64. The molecule has 0 saturated carbocycles. The average molecular weight is 376 g/mol. The molecule has 4 nitrogen and oxygen atoms in total. The Labute approximate surface area is 171 Å². The van der Waals surface area contributed by atoms with Crippen LogP contribution < -0.4 is 5.53 Å². The number of hydrogen-bond acceptors (Lipinski definition) is 4. The summed E-state index contributed by atoms with van der Waals surface area (Å²) in [4.78, 5) is 2.37. The normalized spacial score (nSPS) is 19.7. The molecule has 0 unspecified atom stereocenters. The first-order chi connectivity index (χ1) is 11.6. The van der Waals surface area contributed by atoms with Gasteiger partial charge in [0.1, 0.15) is 0 Å². The highest BCUT2D eigenvalue weighted by Crippen LogP contribution is 2.44. The molecule has 0 fully saturated rings. The first-order valence-corrected chi connectivity index (χ1v) is 10.5. The van der Waals surface area contributed by atoms with Crippen molar-refractivity contribution in [3.05, 3.63) is 0 Å². The number of rotatable bonds is 0. The summed E-state index contributed by atoms with van der Waals surface area (Å²) >= 11 is 0. The summed E-state index contributed by atoms with van der Waals surface area (Å²) in [6.45, 7) is 35.2. The molecule has 6 heteroatoms. The highest BCUT2D eigenvalue weighted by molar-refractivity contribution is 6.97. The van der Waals surface area contributed by atoms with Gasteiger partial charge in [-0.15, -0.1) is 0 Å². The highest BCUT2D eigenvalue weighted by Gasteiger charge is 2.57. The Hall–Kier alpha value is -0.480. The highest BCUT2D eigenvalue weighted by atomic mass is 15.7. The molecule has 156 valence electrons. The number of hydrazine groups is 1. The van der Waals surface area contributed by atoms with Crippen LogP contribution in [0.2, 0.25) is 10.6 Å². The summed E-state index contributed by atoms with van der Waals surface area (Å²) in [7, 11) is 0. The molecule has 1 aliphatic heterocycles. The molecule has 1 heterocycles. The van der Waals surface area contributed by atoms with Gasteiger partial charge in [-0.3, -0.25) is 5.53 Å². The quantitative estimate of drug-likeness (QED) is 0.548. The molecule has 0 bridgehead atoms. The Balaban J connectivity index is 3.91. The molecule has 0 aromatic heterocycles. The van der Waals surface area contributed by atoms with E-state index >= 15 is 0 Å². The van der Waals surface area contributed by atoms with Crippen molar-refractivity contribution >= 4 is 19.4 Å². The fourth-order valence-electron chi connectivity index (χ4n) is 4.10. The summed E-state index contributed by atoms with van der Waals surface area (Å²) in [6, 6.07) is 0. The van der Waals surface area contributed by atoms with E-state index in [1.165, 1.54) is 5.61 Å². The van der Waals surface area contributed by atoms with Crippen molar-refractivity contribution in [2.24, 2.45) is 10.5 Å². The maximum Gasteiger partial charge on any atom is 0.328 e. The van der Waals surface area contributed by atoms with Crippen LogP contribution in [-0.4, -0.2) is 40.2 Å². The number of hydrogen-bond donors (Lipinski definition) is 1. The second-order valence-corrected chi connectivity index (χ2v) is 13.5. The monoisotopic (exact) mass is 376 g/mol. The van der Waals surface area contributed by atoms with Crippen LogP contribution >= 0.6 is 0 Å². The van der Waals surface area contributed by atoms with Crippen LogP contribution in [0, 0.1) is 5.41 Å². The van der Waals surface area contributed by atoms with Gasteiger partial charge in [0.25, 0.3) is 6.85 Å². The molecule has 1 N–H and O–H groups in total. The maximum atomic E-state index is 5.07. The van der Waals surface area contributed by atoms with Gasteiger partial charge >= 0.3 is 6.98 Å². The van der Waals surface area contributed by atoms with Crippen LogP contribution in [-0.2, 0) is 0 Å². The fraction of sp³-hybridized carbons (Fsp3) is 0.952. The van der Waals surface area contributed by atoms with Gasteiger partial charge in [-0.2, -0.15) is 5.10 Å². The van der Waals surface area contributed by atoms with E-state index < -0.39 is 0 Å². The maximum absolute atomic E-state index is 5.07. The van der Waals surface area contributed by atoms with Gasteiger partial charge in [0.15, 0.2) is 0 Å². The zero-order chi connectivity index (χ0) is 21.8. The molecular formula is C21H46B2N4. The third kappa shape index (κ3) is 5.53. The van der Waals surface area contributed by atoms with Crippen LogP contribution in [0.4, 0.5) is 0 Å². The Morgan fingerprint density at radius 2 is 1.11 bits per heavy atom. The standard InChI is InChI=1S/C21H46B2N4/c1-17(2,3)16-22(18(4,5)6)26(20(10,11)12)23(19(7,8)9)27(25-24-16)21(13,14)15/h25H,1-15H3. The van der Waals surface area contributed by atoms with Gasteiger partial charge in [0.05, 0.1) is 0 Å². The van der Waals surface area contributed by atoms with E-state index in [0.29, 0.717) is 0 Å². The Morgan fingerprint density at radius 3 is 1.37 bits per heavy atom. The molecule has 0 amide bonds. The molecule has 0 aromatic carbocycles. The molecule has 0 radical (unpaired) electrons. The largest absolute Gasteiger partial charge is 0.358 e. The molecule has 0 aromatic rings. The Bertz CT molecular complexity index is 551. The van der Waals surface area contributed by atoms with E-state index in [-0.39, 0.29) is 41.0 Å². The van der Waals surface area contributed by atoms with Crippen LogP contribution in [0.3, 0.4) is 0 Å². The predicted molar refractivity (Wildman–Crippen MR) is 124 cm³/mol. The topological polar surface area (TPSA) is 30.9 Å². The van der Waals surface area contributed by atoms with Crippen molar-refractivity contribution < 1.29 is 0 Å². The van der Waals surface area contributed by atoms with Gasteiger partial charge in [0.2, 0.25) is 0 Å². The summed E-state index contributed by atoms with van der Waals surface area (Å²) in [5, 5.41) is 5.16. The smallest absolute Gasteiger partial charge is 0.328 e. The minimum atomic E-state index is -0.0687. The number of nitrogens with one attached hydrogen (secondary N) is 1. The molecule has 0 spiro atoms. The third-order valence-corrected chi connectivity index (χ3v) is 5.18. The molecule has 27 heavy (non-hydrogen) atoms. The lowest BCUT2D eigenvalue weighted by Gasteiger charge is -2.55. The first kappa shape index (κ1) is 24.6. The molecular weight excluding hydrogens is 330 g/mol. The van der Waals surface area contributed by atoms with E-state index in [9.17, 15) is 0 Å². The first-order valence-electron chi connectivity index (χ1n) is 10.5. The van der Waals surface area contributed by atoms with Crippen molar-refractivity contribution in [1.29, 1.82) is 0 Å². The van der Waals surface area contributed by atoms with E-state index in [0.717, 1.165) is 0 Å². The summed E-state index contributed by atoms with van der Waals surface area (Å²) in [5.74, 6) is 0. The predicted octanol–water partition coefficient (Wildman–Crippen LogP) is 5.73. The molecule has 0 aliphatic carbocycles. The van der Waals surface area contributed by atoms with Crippen LogP contribution in [0.5, 0.6) is 0 Å². The van der Waals surface area contributed by atoms with Crippen molar-refractivity contribution in [3.63, 3.8) is 0 Å². The van der Waals surface area contributed by atoms with Crippen molar-refractivity contribution in [2.45, 2.75) is 126 Å². The van der Waals surface area contributed by atoms with Crippen molar-refractivity contribution in [1.82, 2.24) is 15.2 Å². The lowest BCUT2D eigenvalue weighted by molar-refractivity contribution is 0.150. The molecule has 0 saturated heterocycles. The minimum Gasteiger partial charge on any atom is -0.358 e. The Morgan fingerprint density at radius 1 is 0.667 bits per heavy atom. The van der Waals surface area contributed by atoms with E-state index in [4.69, 9.17) is 5.10 Å². The second kappa shape index (κ2) is 7.09. The van der Waals surface area contributed by atoms with Gasteiger partial charge in [-0.05, 0) is 63.1 Å².